The van der Waals surface area contributed by atoms with Crippen LogP contribution in [0.4, 0.5) is 4.79 Å². The zero-order chi connectivity index (χ0) is 18.2. The molecule has 1 aromatic carbocycles. The number of carbonyl (C=O) groups is 2. The first-order valence-corrected chi connectivity index (χ1v) is 8.91. The number of rotatable bonds is 1. The van der Waals surface area contributed by atoms with Crippen LogP contribution >= 0.6 is 0 Å². The molecule has 1 unspecified atom stereocenters. The van der Waals surface area contributed by atoms with E-state index in [1.807, 2.05) is 39.0 Å². The van der Waals surface area contributed by atoms with Crippen molar-refractivity contribution < 1.29 is 19.1 Å². The first kappa shape index (κ1) is 17.8. The molecule has 1 aromatic rings. The van der Waals surface area contributed by atoms with Crippen molar-refractivity contribution in [3.8, 4) is 0 Å². The summed E-state index contributed by atoms with van der Waals surface area (Å²) in [6.45, 7) is 6.94. The zero-order valence-corrected chi connectivity index (χ0v) is 15.5. The van der Waals surface area contributed by atoms with Crippen molar-refractivity contribution >= 4 is 12.1 Å². The lowest BCUT2D eigenvalue weighted by Crippen LogP contribution is -2.46. The Morgan fingerprint density at radius 2 is 1.80 bits per heavy atom. The highest BCUT2D eigenvalue weighted by atomic mass is 16.6. The molecule has 1 fully saturated rings. The Morgan fingerprint density at radius 1 is 1.16 bits per heavy atom. The number of ether oxygens (including phenoxy) is 2. The van der Waals surface area contributed by atoms with Crippen LogP contribution in [0.25, 0.3) is 0 Å². The lowest BCUT2D eigenvalue weighted by molar-refractivity contribution is -0.142. The fourth-order valence-corrected chi connectivity index (χ4v) is 4.16. The third kappa shape index (κ3) is 3.37. The van der Waals surface area contributed by atoms with Crippen LogP contribution in [0.1, 0.15) is 57.1 Å². The SMILES string of the molecule is COC(=O)C1CC2(CCN(C(=O)OC(C)(C)C)CC2)c2ccccc21. The van der Waals surface area contributed by atoms with Crippen LogP contribution in [0.15, 0.2) is 24.3 Å². The van der Waals surface area contributed by atoms with Crippen molar-refractivity contribution in [3.05, 3.63) is 35.4 Å². The molecule has 1 saturated heterocycles. The van der Waals surface area contributed by atoms with Crippen molar-refractivity contribution in [3.63, 3.8) is 0 Å². The predicted molar refractivity (Wildman–Crippen MR) is 94.5 cm³/mol. The number of methoxy groups -OCH3 is 1. The lowest BCUT2D eigenvalue weighted by atomic mass is 9.73. The number of benzene rings is 1. The van der Waals surface area contributed by atoms with Gasteiger partial charge in [0.05, 0.1) is 13.0 Å². The molecule has 1 aliphatic heterocycles. The van der Waals surface area contributed by atoms with Gasteiger partial charge in [-0.2, -0.15) is 0 Å². The van der Waals surface area contributed by atoms with Crippen molar-refractivity contribution in [2.75, 3.05) is 20.2 Å². The number of piperidine rings is 1. The van der Waals surface area contributed by atoms with Crippen LogP contribution in [0.2, 0.25) is 0 Å². The molecule has 1 spiro atoms. The van der Waals surface area contributed by atoms with Crippen LogP contribution in [0.5, 0.6) is 0 Å². The third-order valence-corrected chi connectivity index (χ3v) is 5.36. The van der Waals surface area contributed by atoms with Crippen LogP contribution in [-0.4, -0.2) is 42.8 Å². The average molecular weight is 345 g/mol. The standard InChI is InChI=1S/C20H27NO4/c1-19(2,3)25-18(23)21-11-9-20(10-12-21)13-15(17(22)24-4)14-7-5-6-8-16(14)20/h5-8,15H,9-13H2,1-4H3. The Labute approximate surface area is 149 Å². The molecule has 0 N–H and O–H groups in total. The molecule has 0 saturated carbocycles. The maximum atomic E-state index is 12.3. The number of hydrogen-bond donors (Lipinski definition) is 0. The first-order chi connectivity index (χ1) is 11.8. The minimum Gasteiger partial charge on any atom is -0.469 e. The highest BCUT2D eigenvalue weighted by Gasteiger charge is 2.48. The van der Waals surface area contributed by atoms with Gasteiger partial charge in [0, 0.05) is 18.5 Å². The van der Waals surface area contributed by atoms with Crippen molar-refractivity contribution in [2.45, 2.75) is 57.0 Å². The highest BCUT2D eigenvalue weighted by Crippen LogP contribution is 2.52. The molecule has 1 amide bonds. The van der Waals surface area contributed by atoms with Gasteiger partial charge in [-0.15, -0.1) is 0 Å². The van der Waals surface area contributed by atoms with E-state index in [1.165, 1.54) is 12.7 Å². The summed E-state index contributed by atoms with van der Waals surface area (Å²) < 4.78 is 10.5. The second kappa shape index (κ2) is 6.36. The zero-order valence-electron chi connectivity index (χ0n) is 15.5. The number of hydrogen-bond acceptors (Lipinski definition) is 4. The molecule has 0 aromatic heterocycles. The smallest absolute Gasteiger partial charge is 0.410 e. The van der Waals surface area contributed by atoms with Gasteiger partial charge >= 0.3 is 12.1 Å². The van der Waals surface area contributed by atoms with Crippen molar-refractivity contribution in [1.29, 1.82) is 0 Å². The highest BCUT2D eigenvalue weighted by molar-refractivity contribution is 5.80. The number of likely N-dealkylation sites (tertiary alicyclic amines) is 1. The van der Waals surface area contributed by atoms with E-state index in [0.29, 0.717) is 13.1 Å². The molecular formula is C20H27NO4. The van der Waals surface area contributed by atoms with Gasteiger partial charge in [0.2, 0.25) is 0 Å². The summed E-state index contributed by atoms with van der Waals surface area (Å²) in [6.07, 6.45) is 2.20. The monoisotopic (exact) mass is 345 g/mol. The Hall–Kier alpha value is -2.04. The summed E-state index contributed by atoms with van der Waals surface area (Å²) in [4.78, 5) is 26.3. The molecule has 1 heterocycles. The Balaban J connectivity index is 1.77. The molecule has 25 heavy (non-hydrogen) atoms. The summed E-state index contributed by atoms with van der Waals surface area (Å²) in [7, 11) is 1.45. The summed E-state index contributed by atoms with van der Waals surface area (Å²) in [5.41, 5.74) is 1.80. The van der Waals surface area contributed by atoms with E-state index in [-0.39, 0.29) is 23.4 Å². The van der Waals surface area contributed by atoms with Crippen molar-refractivity contribution in [1.82, 2.24) is 4.90 Å². The summed E-state index contributed by atoms with van der Waals surface area (Å²) in [6, 6.07) is 8.16. The normalized spacial score (nSPS) is 21.8. The molecule has 5 nitrogen and oxygen atoms in total. The summed E-state index contributed by atoms with van der Waals surface area (Å²) >= 11 is 0. The molecule has 136 valence electrons. The van der Waals surface area contributed by atoms with E-state index < -0.39 is 5.60 Å². The summed E-state index contributed by atoms with van der Waals surface area (Å²) in [5.74, 6) is -0.367. The second-order valence-corrected chi connectivity index (χ2v) is 8.11. The molecule has 1 atom stereocenters. The van der Waals surface area contributed by atoms with Crippen LogP contribution in [-0.2, 0) is 19.7 Å². The quantitative estimate of drug-likeness (QED) is 0.730. The maximum absolute atomic E-state index is 12.3. The van der Waals surface area contributed by atoms with Gasteiger partial charge in [0.1, 0.15) is 5.60 Å². The van der Waals surface area contributed by atoms with E-state index in [1.54, 1.807) is 4.90 Å². The number of nitrogens with zero attached hydrogens (tertiary/aromatic N) is 1. The maximum Gasteiger partial charge on any atom is 0.410 e. The lowest BCUT2D eigenvalue weighted by Gasteiger charge is -2.40. The van der Waals surface area contributed by atoms with E-state index in [0.717, 1.165) is 24.8 Å². The van der Waals surface area contributed by atoms with Gasteiger partial charge in [-0.1, -0.05) is 24.3 Å². The molecular weight excluding hydrogens is 318 g/mol. The minimum atomic E-state index is -0.484. The Morgan fingerprint density at radius 3 is 2.40 bits per heavy atom. The van der Waals surface area contributed by atoms with Crippen LogP contribution < -0.4 is 0 Å². The van der Waals surface area contributed by atoms with Gasteiger partial charge < -0.3 is 14.4 Å². The van der Waals surface area contributed by atoms with Crippen LogP contribution in [0, 0.1) is 0 Å². The predicted octanol–water partition coefficient (Wildman–Crippen LogP) is 3.62. The van der Waals surface area contributed by atoms with Gasteiger partial charge in [-0.05, 0) is 51.2 Å². The van der Waals surface area contributed by atoms with E-state index >= 15 is 0 Å². The van der Waals surface area contributed by atoms with Gasteiger partial charge in [-0.3, -0.25) is 4.79 Å². The molecule has 2 aliphatic rings. The van der Waals surface area contributed by atoms with Crippen LogP contribution in [0.3, 0.4) is 0 Å². The van der Waals surface area contributed by atoms with E-state index in [9.17, 15) is 9.59 Å². The Kier molecular flexibility index (Phi) is 4.52. The van der Waals surface area contributed by atoms with Crippen molar-refractivity contribution in [2.24, 2.45) is 0 Å². The minimum absolute atomic E-state index is 0.0477. The largest absolute Gasteiger partial charge is 0.469 e. The number of fused-ring (bicyclic) bond motifs is 2. The fourth-order valence-electron chi connectivity index (χ4n) is 4.16. The molecule has 0 radical (unpaired) electrons. The van der Waals surface area contributed by atoms with E-state index in [4.69, 9.17) is 9.47 Å². The average Bonchev–Trinajstić information content (AvgIpc) is 2.88. The number of carbonyl (C=O) groups excluding carboxylic acids is 2. The van der Waals surface area contributed by atoms with Gasteiger partial charge in [0.25, 0.3) is 0 Å². The van der Waals surface area contributed by atoms with Gasteiger partial charge in [-0.25, -0.2) is 4.79 Å². The molecule has 0 bridgehead atoms. The fraction of sp³-hybridized carbons (Fsp3) is 0.600. The second-order valence-electron chi connectivity index (χ2n) is 8.11. The van der Waals surface area contributed by atoms with Gasteiger partial charge in [0.15, 0.2) is 0 Å². The Bertz CT molecular complexity index is 669. The number of amides is 1. The molecule has 5 heteroatoms. The number of esters is 1. The topological polar surface area (TPSA) is 55.8 Å². The first-order valence-electron chi connectivity index (χ1n) is 8.91. The molecule has 3 rings (SSSR count). The van der Waals surface area contributed by atoms with E-state index in [2.05, 4.69) is 6.07 Å². The molecule has 1 aliphatic carbocycles. The summed E-state index contributed by atoms with van der Waals surface area (Å²) in [5, 5.41) is 0. The third-order valence-electron chi connectivity index (χ3n) is 5.36.